The Labute approximate surface area is 164 Å². The van der Waals surface area contributed by atoms with E-state index >= 15 is 0 Å². The van der Waals surface area contributed by atoms with Crippen LogP contribution in [0.2, 0.25) is 0 Å². The van der Waals surface area contributed by atoms with E-state index in [1.54, 1.807) is 15.7 Å². The molecule has 9 heteroatoms. The van der Waals surface area contributed by atoms with E-state index < -0.39 is 15.8 Å². The Morgan fingerprint density at radius 1 is 1.11 bits per heavy atom. The Balaban J connectivity index is 1.64. The molecule has 1 aliphatic heterocycles. The molecule has 1 aliphatic rings. The fourth-order valence-electron chi connectivity index (χ4n) is 3.20. The van der Waals surface area contributed by atoms with Crippen LogP contribution >= 0.6 is 0 Å². The monoisotopic (exact) mass is 406 g/mol. The second kappa shape index (κ2) is 7.84. The van der Waals surface area contributed by atoms with E-state index in [0.29, 0.717) is 13.1 Å². The zero-order chi connectivity index (χ0) is 20.5. The molecule has 2 heterocycles. The highest BCUT2D eigenvalue weighted by Gasteiger charge is 2.29. The third kappa shape index (κ3) is 4.00. The van der Waals surface area contributed by atoms with Crippen LogP contribution in [0.25, 0.3) is 6.08 Å². The van der Waals surface area contributed by atoms with Crippen molar-refractivity contribution in [2.24, 2.45) is 7.05 Å². The molecule has 150 valence electrons. The van der Waals surface area contributed by atoms with Crippen LogP contribution in [0.4, 0.5) is 4.39 Å². The lowest BCUT2D eigenvalue weighted by atomic mass is 10.2. The number of rotatable bonds is 4. The van der Waals surface area contributed by atoms with Crippen LogP contribution in [0.1, 0.15) is 17.0 Å². The molecule has 1 aromatic heterocycles. The minimum Gasteiger partial charge on any atom is -0.337 e. The summed E-state index contributed by atoms with van der Waals surface area (Å²) in [7, 11) is -1.84. The summed E-state index contributed by atoms with van der Waals surface area (Å²) in [5.41, 5.74) is 2.73. The van der Waals surface area contributed by atoms with Gasteiger partial charge in [0.05, 0.1) is 10.6 Å². The van der Waals surface area contributed by atoms with Gasteiger partial charge in [0.2, 0.25) is 15.9 Å². The van der Waals surface area contributed by atoms with E-state index in [1.165, 1.54) is 22.5 Å². The third-order valence-corrected chi connectivity index (χ3v) is 6.87. The summed E-state index contributed by atoms with van der Waals surface area (Å²) in [6, 6.07) is 4.76. The maximum Gasteiger partial charge on any atom is 0.246 e. The smallest absolute Gasteiger partial charge is 0.246 e. The van der Waals surface area contributed by atoms with E-state index in [2.05, 4.69) is 5.10 Å². The van der Waals surface area contributed by atoms with Crippen molar-refractivity contribution in [3.05, 3.63) is 53.1 Å². The lowest BCUT2D eigenvalue weighted by Gasteiger charge is -2.33. The summed E-state index contributed by atoms with van der Waals surface area (Å²) in [6.07, 6.45) is 3.25. The molecule has 0 N–H and O–H groups in total. The lowest BCUT2D eigenvalue weighted by Crippen LogP contribution is -2.50. The molecule has 0 aliphatic carbocycles. The molecule has 0 atom stereocenters. The minimum absolute atomic E-state index is 0.0519. The molecule has 3 rings (SSSR count). The van der Waals surface area contributed by atoms with Crippen molar-refractivity contribution in [3.63, 3.8) is 0 Å². The second-order valence-corrected chi connectivity index (χ2v) is 8.66. The number of aryl methyl sites for hydroxylation is 2. The van der Waals surface area contributed by atoms with Gasteiger partial charge in [-0.15, -0.1) is 0 Å². The summed E-state index contributed by atoms with van der Waals surface area (Å²) in [4.78, 5) is 14.1. The van der Waals surface area contributed by atoms with Gasteiger partial charge in [0.25, 0.3) is 0 Å². The molecular weight excluding hydrogens is 383 g/mol. The molecule has 7 nitrogen and oxygen atoms in total. The van der Waals surface area contributed by atoms with Gasteiger partial charge in [-0.1, -0.05) is 0 Å². The third-order valence-electron chi connectivity index (χ3n) is 4.96. The number of hydrogen-bond donors (Lipinski definition) is 0. The molecule has 2 aromatic rings. The van der Waals surface area contributed by atoms with E-state index in [4.69, 9.17) is 0 Å². The molecule has 1 fully saturated rings. The summed E-state index contributed by atoms with van der Waals surface area (Å²) in [6.45, 7) is 4.82. The standard InChI is InChI=1S/C19H23FN4O3S/c1-14-18(15(2)22(3)21-14)8-9-19(25)23-10-12-24(13-11-23)28(26,27)17-6-4-16(20)5-7-17/h4-9H,10-13H2,1-3H3. The Morgan fingerprint density at radius 2 is 1.71 bits per heavy atom. The van der Waals surface area contributed by atoms with E-state index in [-0.39, 0.29) is 23.9 Å². The van der Waals surface area contributed by atoms with Crippen LogP contribution in [0.15, 0.2) is 35.2 Å². The van der Waals surface area contributed by atoms with E-state index in [1.807, 2.05) is 20.9 Å². The molecule has 0 spiro atoms. The van der Waals surface area contributed by atoms with Crippen molar-refractivity contribution in [1.29, 1.82) is 0 Å². The zero-order valence-electron chi connectivity index (χ0n) is 16.1. The SMILES string of the molecule is Cc1nn(C)c(C)c1C=CC(=O)N1CCN(S(=O)(=O)c2ccc(F)cc2)CC1. The van der Waals surface area contributed by atoms with E-state index in [9.17, 15) is 17.6 Å². The quantitative estimate of drug-likeness (QED) is 0.725. The highest BCUT2D eigenvalue weighted by Crippen LogP contribution is 2.19. The average Bonchev–Trinajstić information content (AvgIpc) is 2.92. The number of sulfonamides is 1. The maximum absolute atomic E-state index is 13.0. The Hall–Kier alpha value is -2.52. The van der Waals surface area contributed by atoms with Gasteiger partial charge in [0.15, 0.2) is 0 Å². The van der Waals surface area contributed by atoms with Gasteiger partial charge in [-0.05, 0) is 44.2 Å². The first-order valence-corrected chi connectivity index (χ1v) is 10.4. The molecular formula is C19H23FN4O3S. The van der Waals surface area contributed by atoms with Crippen molar-refractivity contribution in [1.82, 2.24) is 19.0 Å². The van der Waals surface area contributed by atoms with Gasteiger partial charge in [0, 0.05) is 50.6 Å². The first-order valence-electron chi connectivity index (χ1n) is 8.93. The fraction of sp³-hybridized carbons (Fsp3) is 0.368. The molecule has 0 unspecified atom stereocenters. The summed E-state index contributed by atoms with van der Waals surface area (Å²) in [5.74, 6) is -0.651. The predicted molar refractivity (Wildman–Crippen MR) is 103 cm³/mol. The van der Waals surface area contributed by atoms with Crippen LogP contribution < -0.4 is 0 Å². The molecule has 0 radical (unpaired) electrons. The van der Waals surface area contributed by atoms with Crippen molar-refractivity contribution in [2.45, 2.75) is 18.7 Å². The maximum atomic E-state index is 13.0. The number of benzene rings is 1. The lowest BCUT2D eigenvalue weighted by molar-refractivity contribution is -0.127. The molecule has 1 saturated heterocycles. The second-order valence-electron chi connectivity index (χ2n) is 6.72. The number of carbonyl (C=O) groups excluding carboxylic acids is 1. The van der Waals surface area contributed by atoms with Crippen molar-refractivity contribution < 1.29 is 17.6 Å². The first kappa shape index (κ1) is 20.2. The number of nitrogens with zero attached hydrogens (tertiary/aromatic N) is 4. The van der Waals surface area contributed by atoms with Gasteiger partial charge >= 0.3 is 0 Å². The van der Waals surface area contributed by atoms with Crippen LogP contribution in [0, 0.1) is 19.7 Å². The largest absolute Gasteiger partial charge is 0.337 e. The van der Waals surface area contributed by atoms with Gasteiger partial charge in [-0.25, -0.2) is 12.8 Å². The summed E-state index contributed by atoms with van der Waals surface area (Å²) >= 11 is 0. The number of piperazine rings is 1. The van der Waals surface area contributed by atoms with Crippen molar-refractivity contribution in [2.75, 3.05) is 26.2 Å². The molecule has 1 amide bonds. The molecule has 1 aromatic carbocycles. The van der Waals surface area contributed by atoms with Gasteiger partial charge < -0.3 is 4.90 Å². The number of carbonyl (C=O) groups is 1. The Morgan fingerprint density at radius 3 is 2.25 bits per heavy atom. The number of hydrogen-bond acceptors (Lipinski definition) is 4. The van der Waals surface area contributed by atoms with Crippen molar-refractivity contribution >= 4 is 22.0 Å². The van der Waals surface area contributed by atoms with Crippen LogP contribution in [0.5, 0.6) is 0 Å². The predicted octanol–water partition coefficient (Wildman–Crippen LogP) is 1.72. The number of aromatic nitrogens is 2. The van der Waals surface area contributed by atoms with Crippen molar-refractivity contribution in [3.8, 4) is 0 Å². The van der Waals surface area contributed by atoms with Crippen LogP contribution in [-0.4, -0.2) is 59.5 Å². The van der Waals surface area contributed by atoms with Gasteiger partial charge in [-0.3, -0.25) is 9.48 Å². The molecule has 28 heavy (non-hydrogen) atoms. The van der Waals surface area contributed by atoms with Crippen LogP contribution in [-0.2, 0) is 21.9 Å². The first-order chi connectivity index (χ1) is 13.2. The normalized spacial score (nSPS) is 16.1. The highest BCUT2D eigenvalue weighted by molar-refractivity contribution is 7.89. The fourth-order valence-corrected chi connectivity index (χ4v) is 4.62. The summed E-state index contributed by atoms with van der Waals surface area (Å²) in [5, 5.41) is 4.32. The van der Waals surface area contributed by atoms with Gasteiger partial charge in [-0.2, -0.15) is 9.40 Å². The summed E-state index contributed by atoms with van der Waals surface area (Å²) < 4.78 is 41.4. The Bertz CT molecular complexity index is 1000. The van der Waals surface area contributed by atoms with Gasteiger partial charge in [0.1, 0.15) is 5.82 Å². The zero-order valence-corrected chi connectivity index (χ0v) is 16.9. The topological polar surface area (TPSA) is 75.5 Å². The van der Waals surface area contributed by atoms with Crippen LogP contribution in [0.3, 0.4) is 0 Å². The number of halogens is 1. The van der Waals surface area contributed by atoms with E-state index in [0.717, 1.165) is 29.1 Å². The molecule has 0 bridgehead atoms. The highest BCUT2D eigenvalue weighted by atomic mass is 32.2. The minimum atomic E-state index is -3.69. The molecule has 0 saturated carbocycles. The number of amides is 1. The Kier molecular flexibility index (Phi) is 5.66. The average molecular weight is 406 g/mol.